The second-order valence-corrected chi connectivity index (χ2v) is 6.18. The standard InChI is InChI=1S/C19H20N2O4/c22-18(21-16-7-6-15(10-16)19(23)24)14-8-9-20-17(11-14)25-12-13-4-2-1-3-5-13/h1-5,8-9,11,15-16H,6-7,10,12H2,(H,21,22)(H,23,24)/t15-,16+/m1/s1. The molecule has 1 aromatic heterocycles. The third kappa shape index (κ3) is 4.56. The predicted octanol–water partition coefficient (Wildman–Crippen LogP) is 2.64. The highest BCUT2D eigenvalue weighted by Gasteiger charge is 2.30. The molecule has 2 atom stereocenters. The van der Waals surface area contributed by atoms with E-state index in [4.69, 9.17) is 9.84 Å². The second-order valence-electron chi connectivity index (χ2n) is 6.18. The Labute approximate surface area is 145 Å². The van der Waals surface area contributed by atoms with Crippen LogP contribution < -0.4 is 10.1 Å². The van der Waals surface area contributed by atoms with Crippen molar-refractivity contribution in [2.45, 2.75) is 31.9 Å². The Hall–Kier alpha value is -2.89. The van der Waals surface area contributed by atoms with Crippen LogP contribution in [0.2, 0.25) is 0 Å². The fourth-order valence-electron chi connectivity index (χ4n) is 2.97. The third-order valence-corrected chi connectivity index (χ3v) is 4.34. The first kappa shape index (κ1) is 17.0. The summed E-state index contributed by atoms with van der Waals surface area (Å²) >= 11 is 0. The molecule has 0 unspecified atom stereocenters. The Morgan fingerprint density at radius 3 is 2.72 bits per heavy atom. The van der Waals surface area contributed by atoms with Crippen LogP contribution in [0.4, 0.5) is 0 Å². The third-order valence-electron chi connectivity index (χ3n) is 4.34. The number of nitrogens with zero attached hydrogens (tertiary/aromatic N) is 1. The minimum absolute atomic E-state index is 0.101. The zero-order valence-electron chi connectivity index (χ0n) is 13.7. The number of carboxylic acids is 1. The van der Waals surface area contributed by atoms with Crippen LogP contribution in [0.3, 0.4) is 0 Å². The highest BCUT2D eigenvalue weighted by molar-refractivity contribution is 5.94. The summed E-state index contributed by atoms with van der Waals surface area (Å²) < 4.78 is 5.63. The van der Waals surface area contributed by atoms with Crippen molar-refractivity contribution in [1.29, 1.82) is 0 Å². The minimum Gasteiger partial charge on any atom is -0.481 e. The number of nitrogens with one attached hydrogen (secondary N) is 1. The number of rotatable bonds is 6. The van der Waals surface area contributed by atoms with E-state index < -0.39 is 5.97 Å². The second kappa shape index (κ2) is 7.79. The van der Waals surface area contributed by atoms with Gasteiger partial charge in [0.1, 0.15) is 6.61 Å². The Kier molecular flexibility index (Phi) is 5.28. The van der Waals surface area contributed by atoms with Crippen LogP contribution in [-0.4, -0.2) is 28.0 Å². The molecule has 0 spiro atoms. The quantitative estimate of drug-likeness (QED) is 0.844. The van der Waals surface area contributed by atoms with Crippen molar-refractivity contribution in [3.63, 3.8) is 0 Å². The number of carbonyl (C=O) groups is 2. The lowest BCUT2D eigenvalue weighted by Crippen LogP contribution is -2.33. The van der Waals surface area contributed by atoms with E-state index in [-0.39, 0.29) is 17.9 Å². The van der Waals surface area contributed by atoms with Crippen LogP contribution in [0.1, 0.15) is 35.2 Å². The van der Waals surface area contributed by atoms with Crippen LogP contribution in [0.25, 0.3) is 0 Å². The largest absolute Gasteiger partial charge is 0.481 e. The number of hydrogen-bond acceptors (Lipinski definition) is 4. The SMILES string of the molecule is O=C(N[C@H]1CC[C@@H](C(=O)O)C1)c1ccnc(OCc2ccccc2)c1. The molecule has 1 aliphatic rings. The minimum atomic E-state index is -0.794. The summed E-state index contributed by atoms with van der Waals surface area (Å²) in [5, 5.41) is 11.9. The van der Waals surface area contributed by atoms with Gasteiger partial charge in [-0.1, -0.05) is 30.3 Å². The van der Waals surface area contributed by atoms with Crippen LogP contribution in [0, 0.1) is 5.92 Å². The van der Waals surface area contributed by atoms with Gasteiger partial charge in [0.05, 0.1) is 5.92 Å². The molecule has 6 nitrogen and oxygen atoms in total. The van der Waals surface area contributed by atoms with Gasteiger partial charge in [-0.3, -0.25) is 9.59 Å². The van der Waals surface area contributed by atoms with Crippen molar-refractivity contribution >= 4 is 11.9 Å². The summed E-state index contributed by atoms with van der Waals surface area (Å²) in [7, 11) is 0. The van der Waals surface area contributed by atoms with Gasteiger partial charge in [-0.05, 0) is 30.9 Å². The highest BCUT2D eigenvalue weighted by Crippen LogP contribution is 2.26. The van der Waals surface area contributed by atoms with Crippen LogP contribution in [-0.2, 0) is 11.4 Å². The molecule has 1 fully saturated rings. The van der Waals surface area contributed by atoms with Gasteiger partial charge in [0.2, 0.25) is 5.88 Å². The lowest BCUT2D eigenvalue weighted by atomic mass is 10.1. The maximum absolute atomic E-state index is 12.4. The smallest absolute Gasteiger partial charge is 0.306 e. The molecule has 2 aromatic rings. The van der Waals surface area contributed by atoms with E-state index in [1.54, 1.807) is 12.1 Å². The van der Waals surface area contributed by atoms with Gasteiger partial charge in [-0.25, -0.2) is 4.98 Å². The van der Waals surface area contributed by atoms with Gasteiger partial charge in [-0.15, -0.1) is 0 Å². The van der Waals surface area contributed by atoms with Gasteiger partial charge in [-0.2, -0.15) is 0 Å². The summed E-state index contributed by atoms with van der Waals surface area (Å²) in [5.74, 6) is -1.01. The van der Waals surface area contributed by atoms with Crippen molar-refractivity contribution in [2.75, 3.05) is 0 Å². The van der Waals surface area contributed by atoms with Crippen molar-refractivity contribution in [1.82, 2.24) is 10.3 Å². The highest BCUT2D eigenvalue weighted by atomic mass is 16.5. The molecule has 0 radical (unpaired) electrons. The average molecular weight is 340 g/mol. The van der Waals surface area contributed by atoms with E-state index in [0.29, 0.717) is 37.3 Å². The monoisotopic (exact) mass is 340 g/mol. The normalized spacial score (nSPS) is 19.4. The molecule has 1 amide bonds. The molecule has 0 aliphatic heterocycles. The number of aliphatic carboxylic acids is 1. The molecule has 3 rings (SSSR count). The fraction of sp³-hybridized carbons (Fsp3) is 0.316. The van der Waals surface area contributed by atoms with E-state index in [1.807, 2.05) is 30.3 Å². The summed E-state index contributed by atoms with van der Waals surface area (Å²) in [5.41, 5.74) is 1.47. The number of carboxylic acid groups (broad SMARTS) is 1. The van der Waals surface area contributed by atoms with E-state index in [0.717, 1.165) is 5.56 Å². The van der Waals surface area contributed by atoms with E-state index >= 15 is 0 Å². The number of benzene rings is 1. The summed E-state index contributed by atoms with van der Waals surface area (Å²) in [6.07, 6.45) is 3.29. The first-order valence-electron chi connectivity index (χ1n) is 8.28. The molecular weight excluding hydrogens is 320 g/mol. The lowest BCUT2D eigenvalue weighted by molar-refractivity contribution is -0.141. The van der Waals surface area contributed by atoms with Gasteiger partial charge >= 0.3 is 5.97 Å². The van der Waals surface area contributed by atoms with Crippen molar-refractivity contribution in [3.05, 3.63) is 59.8 Å². The number of ether oxygens (including phenoxy) is 1. The van der Waals surface area contributed by atoms with Gasteiger partial charge in [0.25, 0.3) is 5.91 Å². The molecule has 25 heavy (non-hydrogen) atoms. The summed E-state index contributed by atoms with van der Waals surface area (Å²) in [6.45, 7) is 0.377. The van der Waals surface area contributed by atoms with E-state index in [1.165, 1.54) is 6.20 Å². The van der Waals surface area contributed by atoms with Crippen molar-refractivity contribution in [3.8, 4) is 5.88 Å². The van der Waals surface area contributed by atoms with Gasteiger partial charge < -0.3 is 15.2 Å². The zero-order valence-corrected chi connectivity index (χ0v) is 13.7. The molecule has 1 aliphatic carbocycles. The molecule has 130 valence electrons. The molecule has 1 aromatic carbocycles. The number of hydrogen-bond donors (Lipinski definition) is 2. The zero-order chi connectivity index (χ0) is 17.6. The van der Waals surface area contributed by atoms with Gasteiger partial charge in [0.15, 0.2) is 0 Å². The number of carbonyl (C=O) groups excluding carboxylic acids is 1. The van der Waals surface area contributed by atoms with Gasteiger partial charge in [0, 0.05) is 23.9 Å². The van der Waals surface area contributed by atoms with Crippen LogP contribution in [0.15, 0.2) is 48.7 Å². The van der Waals surface area contributed by atoms with Crippen LogP contribution in [0.5, 0.6) is 5.88 Å². The first-order valence-corrected chi connectivity index (χ1v) is 8.28. The molecule has 1 saturated carbocycles. The Bertz CT molecular complexity index is 748. The van der Waals surface area contributed by atoms with Crippen molar-refractivity contribution in [2.24, 2.45) is 5.92 Å². The fourth-order valence-corrected chi connectivity index (χ4v) is 2.97. The van der Waals surface area contributed by atoms with Crippen molar-refractivity contribution < 1.29 is 19.4 Å². The predicted molar refractivity (Wildman–Crippen MR) is 91.2 cm³/mol. The molecule has 0 saturated heterocycles. The number of amides is 1. The maximum Gasteiger partial charge on any atom is 0.306 e. The molecule has 0 bridgehead atoms. The Morgan fingerprint density at radius 2 is 2.00 bits per heavy atom. The number of pyridine rings is 1. The summed E-state index contributed by atoms with van der Waals surface area (Å²) in [6, 6.07) is 12.8. The maximum atomic E-state index is 12.4. The topological polar surface area (TPSA) is 88.5 Å². The average Bonchev–Trinajstić information content (AvgIpc) is 3.10. The molecule has 6 heteroatoms. The first-order chi connectivity index (χ1) is 12.1. The Balaban J connectivity index is 1.57. The lowest BCUT2D eigenvalue weighted by Gasteiger charge is -2.13. The van der Waals surface area contributed by atoms with E-state index in [9.17, 15) is 9.59 Å². The Morgan fingerprint density at radius 1 is 1.20 bits per heavy atom. The molecular formula is C19H20N2O4. The summed E-state index contributed by atoms with van der Waals surface area (Å²) in [4.78, 5) is 27.5. The van der Waals surface area contributed by atoms with E-state index in [2.05, 4.69) is 10.3 Å². The molecule has 2 N–H and O–H groups in total. The van der Waals surface area contributed by atoms with Crippen LogP contribution >= 0.6 is 0 Å². The number of aromatic nitrogens is 1. The molecule has 1 heterocycles.